The van der Waals surface area contributed by atoms with Crippen LogP contribution in [0.3, 0.4) is 0 Å². The molecule has 0 radical (unpaired) electrons. The van der Waals surface area contributed by atoms with Crippen molar-refractivity contribution < 1.29 is 28.2 Å². The van der Waals surface area contributed by atoms with E-state index in [4.69, 9.17) is 14.2 Å². The summed E-state index contributed by atoms with van der Waals surface area (Å²) in [6.07, 6.45) is -0.284. The minimum absolute atomic E-state index is 0.0728. The number of ether oxygens (including phenoxy) is 3. The zero-order valence-electron chi connectivity index (χ0n) is 19.8. The van der Waals surface area contributed by atoms with Crippen molar-refractivity contribution in [1.82, 2.24) is 4.90 Å². The first-order valence-electron chi connectivity index (χ1n) is 11.6. The molecule has 0 saturated carbocycles. The van der Waals surface area contributed by atoms with Gasteiger partial charge in [0.15, 0.2) is 6.61 Å². The molecule has 0 aromatic heterocycles. The molecule has 0 spiro atoms. The van der Waals surface area contributed by atoms with Crippen LogP contribution in [-0.2, 0) is 27.3 Å². The van der Waals surface area contributed by atoms with Crippen LogP contribution in [0.1, 0.15) is 40.8 Å². The number of benzene rings is 3. The third-order valence-electron chi connectivity index (χ3n) is 5.89. The number of rotatable bonds is 7. The van der Waals surface area contributed by atoms with Crippen molar-refractivity contribution in [3.8, 4) is 11.8 Å². The molecule has 3 aromatic carbocycles. The minimum Gasteiger partial charge on any atom is -0.482 e. The molecule has 1 unspecified atom stereocenters. The quantitative estimate of drug-likeness (QED) is 0.439. The first kappa shape index (κ1) is 24.7. The molecule has 36 heavy (non-hydrogen) atoms. The molecule has 4 rings (SSSR count). The van der Waals surface area contributed by atoms with Gasteiger partial charge in [0.2, 0.25) is 0 Å². The highest BCUT2D eigenvalue weighted by Gasteiger charge is 2.36. The van der Waals surface area contributed by atoms with Gasteiger partial charge in [-0.2, -0.15) is 5.26 Å². The monoisotopic (exact) mass is 488 g/mol. The van der Waals surface area contributed by atoms with Crippen LogP contribution in [0.4, 0.5) is 9.18 Å². The summed E-state index contributed by atoms with van der Waals surface area (Å²) in [5.74, 6) is -0.646. The molecule has 7 nitrogen and oxygen atoms in total. The van der Waals surface area contributed by atoms with Crippen LogP contribution in [0, 0.1) is 17.1 Å². The number of esters is 1. The second kappa shape index (κ2) is 11.4. The maximum absolute atomic E-state index is 14.8. The van der Waals surface area contributed by atoms with Gasteiger partial charge in [-0.05, 0) is 54.3 Å². The van der Waals surface area contributed by atoms with E-state index in [2.05, 4.69) is 6.07 Å². The number of hydrogen-bond donors (Lipinski definition) is 0. The maximum Gasteiger partial charge on any atom is 0.410 e. The fourth-order valence-corrected chi connectivity index (χ4v) is 4.26. The van der Waals surface area contributed by atoms with Gasteiger partial charge in [-0.3, -0.25) is 4.90 Å². The second-order valence-electron chi connectivity index (χ2n) is 8.15. The second-order valence-corrected chi connectivity index (χ2v) is 8.15. The number of nitriles is 1. The molecule has 1 aliphatic rings. The molecule has 0 saturated heterocycles. The van der Waals surface area contributed by atoms with Gasteiger partial charge in [0, 0.05) is 12.1 Å². The fraction of sp³-hybridized carbons (Fsp3) is 0.250. The summed E-state index contributed by atoms with van der Waals surface area (Å²) >= 11 is 0. The largest absolute Gasteiger partial charge is 0.482 e. The molecular weight excluding hydrogens is 463 g/mol. The van der Waals surface area contributed by atoms with E-state index in [1.807, 2.05) is 30.3 Å². The highest BCUT2D eigenvalue weighted by atomic mass is 19.1. The van der Waals surface area contributed by atoms with Crippen molar-refractivity contribution in [1.29, 1.82) is 5.26 Å². The van der Waals surface area contributed by atoms with Crippen molar-refractivity contribution >= 4 is 12.1 Å². The summed E-state index contributed by atoms with van der Waals surface area (Å²) in [6, 6.07) is 20.0. The van der Waals surface area contributed by atoms with Gasteiger partial charge < -0.3 is 14.2 Å². The summed E-state index contributed by atoms with van der Waals surface area (Å²) in [4.78, 5) is 26.7. The Kier molecular flexibility index (Phi) is 7.81. The van der Waals surface area contributed by atoms with Crippen molar-refractivity contribution in [3.63, 3.8) is 0 Å². The van der Waals surface area contributed by atoms with E-state index in [1.165, 1.54) is 11.0 Å². The van der Waals surface area contributed by atoms with E-state index in [9.17, 15) is 19.2 Å². The van der Waals surface area contributed by atoms with Crippen LogP contribution in [0.2, 0.25) is 0 Å². The Morgan fingerprint density at radius 2 is 1.86 bits per heavy atom. The predicted molar refractivity (Wildman–Crippen MR) is 129 cm³/mol. The Hall–Kier alpha value is -4.38. The highest BCUT2D eigenvalue weighted by Crippen LogP contribution is 2.41. The van der Waals surface area contributed by atoms with Gasteiger partial charge in [0.05, 0.1) is 24.3 Å². The van der Waals surface area contributed by atoms with Gasteiger partial charge in [0.25, 0.3) is 0 Å². The third kappa shape index (κ3) is 5.47. The third-order valence-corrected chi connectivity index (χ3v) is 5.89. The first-order chi connectivity index (χ1) is 17.5. The van der Waals surface area contributed by atoms with Gasteiger partial charge in [-0.25, -0.2) is 14.0 Å². The van der Waals surface area contributed by atoms with Crippen LogP contribution >= 0.6 is 0 Å². The number of hydrogen-bond acceptors (Lipinski definition) is 6. The average Bonchev–Trinajstić information content (AvgIpc) is 2.91. The summed E-state index contributed by atoms with van der Waals surface area (Å²) in [7, 11) is 0. The van der Waals surface area contributed by atoms with E-state index in [0.29, 0.717) is 28.7 Å². The zero-order valence-corrected chi connectivity index (χ0v) is 19.8. The van der Waals surface area contributed by atoms with Crippen LogP contribution in [-0.4, -0.2) is 36.7 Å². The first-order valence-corrected chi connectivity index (χ1v) is 11.6. The molecule has 1 amide bonds. The number of amides is 1. The molecular formula is C28H25FN2O5. The number of halogens is 1. The molecule has 0 bridgehead atoms. The normalized spacial score (nSPS) is 14.4. The van der Waals surface area contributed by atoms with E-state index >= 15 is 0 Å². The molecule has 0 aliphatic carbocycles. The van der Waals surface area contributed by atoms with Crippen LogP contribution in [0.15, 0.2) is 66.7 Å². The van der Waals surface area contributed by atoms with Gasteiger partial charge in [-0.1, -0.05) is 42.5 Å². The molecule has 0 N–H and O–H groups in total. The summed E-state index contributed by atoms with van der Waals surface area (Å²) in [5.41, 5.74) is 2.65. The predicted octanol–water partition coefficient (Wildman–Crippen LogP) is 4.92. The standard InChI is InChI=1S/C28H25FN2O5/c1-2-34-26(32)18-35-25-12-11-20(16-30)15-23(25)27-22-9-6-10-24(29)21(22)13-14-31(27)28(33)36-17-19-7-4-3-5-8-19/h3-12,15,27H,2,13-14,17-18H2,1H3. The Labute approximate surface area is 208 Å². The number of nitrogens with zero attached hydrogens (tertiary/aromatic N) is 2. The molecule has 8 heteroatoms. The van der Waals surface area contributed by atoms with Crippen molar-refractivity contribution in [2.75, 3.05) is 19.8 Å². The van der Waals surface area contributed by atoms with E-state index in [-0.39, 0.29) is 37.9 Å². The smallest absolute Gasteiger partial charge is 0.410 e. The van der Waals surface area contributed by atoms with Crippen LogP contribution in [0.25, 0.3) is 0 Å². The SMILES string of the molecule is CCOC(=O)COc1ccc(C#N)cc1C1c2cccc(F)c2CCN1C(=O)OCc1ccccc1. The summed E-state index contributed by atoms with van der Waals surface area (Å²) < 4.78 is 31.1. The van der Waals surface area contributed by atoms with E-state index < -0.39 is 18.1 Å². The molecule has 1 atom stereocenters. The number of fused-ring (bicyclic) bond motifs is 1. The lowest BCUT2D eigenvalue weighted by atomic mass is 9.87. The van der Waals surface area contributed by atoms with Crippen LogP contribution < -0.4 is 4.74 Å². The van der Waals surface area contributed by atoms with Crippen molar-refractivity contribution in [2.24, 2.45) is 0 Å². The van der Waals surface area contributed by atoms with Crippen molar-refractivity contribution in [2.45, 2.75) is 26.0 Å². The lowest BCUT2D eigenvalue weighted by Gasteiger charge is -2.37. The molecule has 0 fully saturated rings. The molecule has 184 valence electrons. The van der Waals surface area contributed by atoms with E-state index in [1.54, 1.807) is 37.3 Å². The topological polar surface area (TPSA) is 88.9 Å². The van der Waals surface area contributed by atoms with Crippen molar-refractivity contribution in [3.05, 3.63) is 100 Å². The lowest BCUT2D eigenvalue weighted by molar-refractivity contribution is -0.145. The van der Waals surface area contributed by atoms with Gasteiger partial charge in [0.1, 0.15) is 18.2 Å². The average molecular weight is 489 g/mol. The maximum atomic E-state index is 14.8. The minimum atomic E-state index is -0.793. The molecule has 3 aromatic rings. The number of carbonyl (C=O) groups excluding carboxylic acids is 2. The fourth-order valence-electron chi connectivity index (χ4n) is 4.26. The van der Waals surface area contributed by atoms with Crippen LogP contribution in [0.5, 0.6) is 5.75 Å². The Morgan fingerprint density at radius 3 is 2.61 bits per heavy atom. The number of carbonyl (C=O) groups is 2. The molecule has 1 aliphatic heterocycles. The Morgan fingerprint density at radius 1 is 1.06 bits per heavy atom. The lowest BCUT2D eigenvalue weighted by Crippen LogP contribution is -2.41. The Bertz CT molecular complexity index is 1290. The summed E-state index contributed by atoms with van der Waals surface area (Å²) in [5, 5.41) is 9.53. The van der Waals surface area contributed by atoms with Gasteiger partial charge in [-0.15, -0.1) is 0 Å². The zero-order chi connectivity index (χ0) is 25.5. The Balaban J connectivity index is 1.73. The summed E-state index contributed by atoms with van der Waals surface area (Å²) in [6.45, 7) is 1.81. The van der Waals surface area contributed by atoms with Gasteiger partial charge >= 0.3 is 12.1 Å². The molecule has 1 heterocycles. The highest BCUT2D eigenvalue weighted by molar-refractivity contribution is 5.72. The van der Waals surface area contributed by atoms with E-state index in [0.717, 1.165) is 5.56 Å².